The Morgan fingerprint density at radius 3 is 2.32 bits per heavy atom. The second-order valence-electron chi connectivity index (χ2n) is 6.08. The number of nitrogens with zero attached hydrogens (tertiary/aromatic N) is 3. The van der Waals surface area contributed by atoms with Gasteiger partial charge in [0.05, 0.1) is 5.56 Å². The van der Waals surface area contributed by atoms with E-state index in [1.165, 1.54) is 25.2 Å². The van der Waals surface area contributed by atoms with Crippen LogP contribution in [0.3, 0.4) is 0 Å². The van der Waals surface area contributed by atoms with Crippen LogP contribution in [0.25, 0.3) is 0 Å². The molecule has 104 valence electrons. The Bertz CT molecular complexity index is 446. The average Bonchev–Trinajstić information content (AvgIpc) is 2.38. The van der Waals surface area contributed by atoms with Crippen LogP contribution in [-0.4, -0.2) is 34.1 Å². The third-order valence-electron chi connectivity index (χ3n) is 4.06. The predicted molar refractivity (Wildman–Crippen MR) is 73.4 cm³/mol. The van der Waals surface area contributed by atoms with Crippen LogP contribution in [0.1, 0.15) is 49.9 Å². The molecule has 0 spiro atoms. The first kappa shape index (κ1) is 13.8. The largest absolute Gasteiger partial charge is 0.478 e. The topological polar surface area (TPSA) is 66.3 Å². The normalized spacial score (nSPS) is 19.1. The highest BCUT2D eigenvalue weighted by Crippen LogP contribution is 2.37. The maximum atomic E-state index is 10.8. The first-order valence-electron chi connectivity index (χ1n) is 6.67. The molecule has 1 N–H and O–H groups in total. The van der Waals surface area contributed by atoms with Gasteiger partial charge in [-0.3, -0.25) is 0 Å². The fourth-order valence-corrected chi connectivity index (χ4v) is 2.55. The van der Waals surface area contributed by atoms with Crippen molar-refractivity contribution >= 4 is 11.9 Å². The van der Waals surface area contributed by atoms with Crippen LogP contribution < -0.4 is 4.90 Å². The smallest absolute Gasteiger partial charge is 0.338 e. The number of hydrogen-bond acceptors (Lipinski definition) is 4. The van der Waals surface area contributed by atoms with Crippen molar-refractivity contribution in [1.82, 2.24) is 9.97 Å². The second kappa shape index (κ2) is 5.15. The van der Waals surface area contributed by atoms with Crippen LogP contribution in [0.15, 0.2) is 12.4 Å². The minimum atomic E-state index is -0.992. The molecular formula is C14H21N3O2. The Hall–Kier alpha value is -1.65. The van der Waals surface area contributed by atoms with E-state index in [2.05, 4.69) is 28.7 Å². The Morgan fingerprint density at radius 2 is 1.84 bits per heavy atom. The SMILES string of the molecule is CN(c1ncc(C(=O)O)cn1)C1CCC(C)(C)CC1. The van der Waals surface area contributed by atoms with E-state index in [9.17, 15) is 4.79 Å². The van der Waals surface area contributed by atoms with Gasteiger partial charge in [-0.2, -0.15) is 0 Å². The lowest BCUT2D eigenvalue weighted by Crippen LogP contribution is -2.38. The van der Waals surface area contributed by atoms with Crippen molar-refractivity contribution < 1.29 is 9.90 Å². The standard InChI is InChI=1S/C14H21N3O2/c1-14(2)6-4-11(5-7-14)17(3)13-15-8-10(9-16-13)12(18)19/h8-9,11H,4-7H2,1-3H3,(H,18,19). The van der Waals surface area contributed by atoms with Gasteiger partial charge in [-0.15, -0.1) is 0 Å². The quantitative estimate of drug-likeness (QED) is 0.908. The summed E-state index contributed by atoms with van der Waals surface area (Å²) in [5.41, 5.74) is 0.563. The molecule has 2 rings (SSSR count). The molecule has 1 aromatic heterocycles. The first-order valence-corrected chi connectivity index (χ1v) is 6.67. The van der Waals surface area contributed by atoms with E-state index in [1.807, 2.05) is 7.05 Å². The summed E-state index contributed by atoms with van der Waals surface area (Å²) in [4.78, 5) is 21.1. The zero-order chi connectivity index (χ0) is 14.0. The van der Waals surface area contributed by atoms with Gasteiger partial charge in [0, 0.05) is 25.5 Å². The van der Waals surface area contributed by atoms with E-state index in [4.69, 9.17) is 5.11 Å². The molecule has 5 nitrogen and oxygen atoms in total. The molecule has 0 atom stereocenters. The van der Waals surface area contributed by atoms with Gasteiger partial charge in [-0.25, -0.2) is 14.8 Å². The van der Waals surface area contributed by atoms with Gasteiger partial charge in [0.1, 0.15) is 0 Å². The molecule has 0 radical (unpaired) electrons. The van der Waals surface area contributed by atoms with Crippen LogP contribution >= 0.6 is 0 Å². The monoisotopic (exact) mass is 263 g/mol. The fourth-order valence-electron chi connectivity index (χ4n) is 2.55. The van der Waals surface area contributed by atoms with Crippen LogP contribution in [0.4, 0.5) is 5.95 Å². The molecule has 1 fully saturated rings. The summed E-state index contributed by atoms with van der Waals surface area (Å²) in [6, 6.07) is 0.448. The molecule has 5 heteroatoms. The number of carboxylic acid groups (broad SMARTS) is 1. The van der Waals surface area contributed by atoms with Gasteiger partial charge < -0.3 is 10.0 Å². The predicted octanol–water partition coefficient (Wildman–Crippen LogP) is 2.58. The van der Waals surface area contributed by atoms with Crippen molar-refractivity contribution in [2.24, 2.45) is 5.41 Å². The lowest BCUT2D eigenvalue weighted by atomic mass is 9.75. The molecule has 1 aliphatic rings. The van der Waals surface area contributed by atoms with Gasteiger partial charge in [-0.05, 0) is 31.1 Å². The highest BCUT2D eigenvalue weighted by Gasteiger charge is 2.29. The molecule has 1 heterocycles. The molecule has 19 heavy (non-hydrogen) atoms. The zero-order valence-electron chi connectivity index (χ0n) is 11.8. The molecule has 1 aromatic rings. The van der Waals surface area contributed by atoms with Crippen LogP contribution in [0.2, 0.25) is 0 Å². The fraction of sp³-hybridized carbons (Fsp3) is 0.643. The number of aromatic carboxylic acids is 1. The maximum absolute atomic E-state index is 10.8. The molecule has 0 aromatic carbocycles. The molecule has 0 bridgehead atoms. The lowest BCUT2D eigenvalue weighted by Gasteiger charge is -2.38. The number of aromatic nitrogens is 2. The van der Waals surface area contributed by atoms with E-state index >= 15 is 0 Å². The van der Waals surface area contributed by atoms with Crippen molar-refractivity contribution in [3.63, 3.8) is 0 Å². The Balaban J connectivity index is 2.03. The maximum Gasteiger partial charge on any atom is 0.338 e. The number of carbonyl (C=O) groups is 1. The van der Waals surface area contributed by atoms with Gasteiger partial charge >= 0.3 is 5.97 Å². The van der Waals surface area contributed by atoms with Crippen molar-refractivity contribution in [3.8, 4) is 0 Å². The van der Waals surface area contributed by atoms with Gasteiger partial charge in [-0.1, -0.05) is 13.8 Å². The number of hydrogen-bond donors (Lipinski definition) is 1. The van der Waals surface area contributed by atoms with Crippen molar-refractivity contribution in [3.05, 3.63) is 18.0 Å². The number of carboxylic acids is 1. The number of rotatable bonds is 3. The summed E-state index contributed by atoms with van der Waals surface area (Å²) < 4.78 is 0. The van der Waals surface area contributed by atoms with E-state index in [0.717, 1.165) is 12.8 Å². The molecular weight excluding hydrogens is 242 g/mol. The minimum absolute atomic E-state index is 0.127. The number of anilines is 1. The van der Waals surface area contributed by atoms with E-state index < -0.39 is 5.97 Å². The van der Waals surface area contributed by atoms with Crippen LogP contribution in [0, 0.1) is 5.41 Å². The molecule has 0 amide bonds. The van der Waals surface area contributed by atoms with E-state index in [-0.39, 0.29) is 5.56 Å². The summed E-state index contributed by atoms with van der Waals surface area (Å²) in [6.45, 7) is 4.61. The molecule has 1 aliphatic carbocycles. The van der Waals surface area contributed by atoms with E-state index in [1.54, 1.807) is 0 Å². The second-order valence-corrected chi connectivity index (χ2v) is 6.08. The summed E-state index contributed by atoms with van der Waals surface area (Å²) in [7, 11) is 1.98. The first-order chi connectivity index (χ1) is 8.89. The highest BCUT2D eigenvalue weighted by molar-refractivity contribution is 5.86. The summed E-state index contributed by atoms with van der Waals surface area (Å²) in [5, 5.41) is 8.83. The van der Waals surface area contributed by atoms with Gasteiger partial charge in [0.25, 0.3) is 0 Å². The van der Waals surface area contributed by atoms with Crippen molar-refractivity contribution in [2.75, 3.05) is 11.9 Å². The van der Waals surface area contributed by atoms with Gasteiger partial charge in [0.2, 0.25) is 5.95 Å². The zero-order valence-corrected chi connectivity index (χ0v) is 11.8. The highest BCUT2D eigenvalue weighted by atomic mass is 16.4. The molecule has 1 saturated carbocycles. The van der Waals surface area contributed by atoms with Crippen LogP contribution in [-0.2, 0) is 0 Å². The third kappa shape index (κ3) is 3.22. The third-order valence-corrected chi connectivity index (χ3v) is 4.06. The van der Waals surface area contributed by atoms with Crippen molar-refractivity contribution in [2.45, 2.75) is 45.6 Å². The summed E-state index contributed by atoms with van der Waals surface area (Å²) >= 11 is 0. The molecule has 0 saturated heterocycles. The van der Waals surface area contributed by atoms with Gasteiger partial charge in [0.15, 0.2) is 0 Å². The van der Waals surface area contributed by atoms with E-state index in [0.29, 0.717) is 17.4 Å². The molecule has 0 unspecified atom stereocenters. The minimum Gasteiger partial charge on any atom is -0.478 e. The lowest BCUT2D eigenvalue weighted by molar-refractivity contribution is 0.0696. The van der Waals surface area contributed by atoms with Crippen molar-refractivity contribution in [1.29, 1.82) is 0 Å². The Labute approximate surface area is 113 Å². The Morgan fingerprint density at radius 1 is 1.32 bits per heavy atom. The Kier molecular flexibility index (Phi) is 3.73. The summed E-state index contributed by atoms with van der Waals surface area (Å²) in [5.74, 6) is -0.386. The summed E-state index contributed by atoms with van der Waals surface area (Å²) in [6.07, 6.45) is 7.41. The van der Waals surface area contributed by atoms with Crippen LogP contribution in [0.5, 0.6) is 0 Å². The average molecular weight is 263 g/mol. The molecule has 0 aliphatic heterocycles.